The van der Waals surface area contributed by atoms with Crippen LogP contribution in [0.1, 0.15) is 13.3 Å². The average Bonchev–Trinajstić information content (AvgIpc) is 2.03. The number of thioether (sulfide) groups is 1. The molecule has 0 heterocycles. The molecule has 14 heavy (non-hydrogen) atoms. The van der Waals surface area contributed by atoms with E-state index in [2.05, 4.69) is 28.1 Å². The minimum absolute atomic E-state index is 0. The van der Waals surface area contributed by atoms with Crippen LogP contribution in [-0.2, 0) is 4.74 Å². The van der Waals surface area contributed by atoms with Crippen LogP contribution >= 0.6 is 11.8 Å². The number of quaternary nitrogens is 1. The summed E-state index contributed by atoms with van der Waals surface area (Å²) in [5.74, 6) is 2.36. The van der Waals surface area contributed by atoms with Gasteiger partial charge in [0.25, 0.3) is 0 Å². The van der Waals surface area contributed by atoms with Gasteiger partial charge < -0.3 is 21.6 Å². The van der Waals surface area contributed by atoms with E-state index < -0.39 is 0 Å². The number of rotatable bonds is 7. The Morgan fingerprint density at radius 1 is 1.29 bits per heavy atom. The Hall–Kier alpha value is 0.560. The molecule has 0 fully saturated rings. The molecule has 0 aliphatic rings. The predicted molar refractivity (Wildman–Crippen MR) is 61.3 cm³/mol. The third-order valence-corrected chi connectivity index (χ3v) is 3.08. The molecule has 0 aromatic heterocycles. The zero-order valence-corrected chi connectivity index (χ0v) is 11.6. The number of halogens is 1. The number of nitrogens with zero attached hydrogens (tertiary/aromatic N) is 1. The van der Waals surface area contributed by atoms with Gasteiger partial charge >= 0.3 is 0 Å². The maximum Gasteiger partial charge on any atom is 0.0872 e. The Balaban J connectivity index is 0. The number of hydrogen-bond acceptors (Lipinski definition) is 2. The Labute approximate surface area is 99.4 Å². The minimum atomic E-state index is 0. The van der Waals surface area contributed by atoms with Gasteiger partial charge in [-0.3, -0.25) is 0 Å². The SMILES string of the molecule is CCC(CSCC[N+](C)(C)C)OC.[Cl-]. The normalized spacial score (nSPS) is 13.5. The first-order valence-corrected chi connectivity index (χ1v) is 6.06. The third-order valence-electron chi connectivity index (χ3n) is 2.00. The minimum Gasteiger partial charge on any atom is -1.00 e. The van der Waals surface area contributed by atoms with Gasteiger partial charge in [-0.2, -0.15) is 11.8 Å². The van der Waals surface area contributed by atoms with Crippen LogP contribution in [0.4, 0.5) is 0 Å². The van der Waals surface area contributed by atoms with Gasteiger partial charge in [-0.05, 0) is 6.42 Å². The first-order valence-electron chi connectivity index (χ1n) is 4.90. The van der Waals surface area contributed by atoms with Crippen LogP contribution in [0, 0.1) is 0 Å². The molecule has 0 spiro atoms. The van der Waals surface area contributed by atoms with E-state index in [0.717, 1.165) is 16.7 Å². The first-order chi connectivity index (χ1) is 5.99. The molecule has 0 aromatic rings. The molecule has 0 amide bonds. The van der Waals surface area contributed by atoms with Crippen molar-refractivity contribution in [3.63, 3.8) is 0 Å². The van der Waals surface area contributed by atoms with E-state index in [1.165, 1.54) is 12.3 Å². The number of methoxy groups -OCH3 is 1. The first kappa shape index (κ1) is 17.0. The van der Waals surface area contributed by atoms with Crippen LogP contribution < -0.4 is 12.4 Å². The molecule has 2 nitrogen and oxygen atoms in total. The summed E-state index contributed by atoms with van der Waals surface area (Å²) < 4.78 is 6.36. The Morgan fingerprint density at radius 3 is 2.21 bits per heavy atom. The lowest BCUT2D eigenvalue weighted by Gasteiger charge is -2.23. The van der Waals surface area contributed by atoms with Crippen molar-refractivity contribution in [2.24, 2.45) is 0 Å². The Kier molecular flexibility index (Phi) is 10.7. The van der Waals surface area contributed by atoms with E-state index in [4.69, 9.17) is 4.74 Å². The molecule has 0 saturated heterocycles. The molecule has 0 bridgehead atoms. The predicted octanol–water partition coefficient (Wildman–Crippen LogP) is -1.15. The standard InChI is InChI=1S/C10H24NOS.ClH/c1-6-10(12-5)9-13-8-7-11(2,3)4;/h10H,6-9H2,1-5H3;1H/q+1;/p-1. The van der Waals surface area contributed by atoms with Crippen molar-refractivity contribution in [3.8, 4) is 0 Å². The summed E-state index contributed by atoms with van der Waals surface area (Å²) >= 11 is 2.00. The fourth-order valence-corrected chi connectivity index (χ4v) is 2.38. The van der Waals surface area contributed by atoms with Gasteiger partial charge in [0.1, 0.15) is 0 Å². The van der Waals surface area contributed by atoms with Gasteiger partial charge in [-0.15, -0.1) is 0 Å². The lowest BCUT2D eigenvalue weighted by molar-refractivity contribution is -0.867. The lowest BCUT2D eigenvalue weighted by atomic mass is 10.3. The van der Waals surface area contributed by atoms with E-state index in [1.807, 2.05) is 11.8 Å². The van der Waals surface area contributed by atoms with Crippen LogP contribution in [0.2, 0.25) is 0 Å². The molecule has 0 N–H and O–H groups in total. The molecular formula is C10H24ClNOS. The summed E-state index contributed by atoms with van der Waals surface area (Å²) in [5.41, 5.74) is 0. The lowest BCUT2D eigenvalue weighted by Crippen LogP contribution is -3.00. The monoisotopic (exact) mass is 241 g/mol. The molecule has 1 atom stereocenters. The molecule has 0 aliphatic carbocycles. The van der Waals surface area contributed by atoms with E-state index in [1.54, 1.807) is 7.11 Å². The van der Waals surface area contributed by atoms with Gasteiger partial charge in [0, 0.05) is 18.6 Å². The van der Waals surface area contributed by atoms with Crippen LogP contribution in [0.3, 0.4) is 0 Å². The van der Waals surface area contributed by atoms with Gasteiger partial charge in [0.15, 0.2) is 0 Å². The molecule has 0 rings (SSSR count). The van der Waals surface area contributed by atoms with Crippen molar-refractivity contribution >= 4 is 11.8 Å². The highest BCUT2D eigenvalue weighted by atomic mass is 35.5. The van der Waals surface area contributed by atoms with Gasteiger partial charge in [-0.1, -0.05) is 6.92 Å². The maximum absolute atomic E-state index is 5.31. The van der Waals surface area contributed by atoms with Gasteiger partial charge in [0.2, 0.25) is 0 Å². The van der Waals surface area contributed by atoms with Gasteiger partial charge in [0.05, 0.1) is 33.8 Å². The van der Waals surface area contributed by atoms with Crippen molar-refractivity contribution in [3.05, 3.63) is 0 Å². The molecule has 0 aromatic carbocycles. The zero-order chi connectivity index (χ0) is 10.3. The average molecular weight is 242 g/mol. The topological polar surface area (TPSA) is 9.23 Å². The summed E-state index contributed by atoms with van der Waals surface area (Å²) in [7, 11) is 8.49. The summed E-state index contributed by atoms with van der Waals surface area (Å²) in [4.78, 5) is 0. The van der Waals surface area contributed by atoms with E-state index >= 15 is 0 Å². The third kappa shape index (κ3) is 10.6. The van der Waals surface area contributed by atoms with Crippen molar-refractivity contribution in [2.45, 2.75) is 19.4 Å². The highest BCUT2D eigenvalue weighted by Crippen LogP contribution is 2.08. The van der Waals surface area contributed by atoms with Crippen molar-refractivity contribution < 1.29 is 21.6 Å². The van der Waals surface area contributed by atoms with Crippen LogP contribution in [0.25, 0.3) is 0 Å². The number of ether oxygens (including phenoxy) is 1. The van der Waals surface area contributed by atoms with Crippen LogP contribution in [0.15, 0.2) is 0 Å². The highest BCUT2D eigenvalue weighted by Gasteiger charge is 2.08. The van der Waals surface area contributed by atoms with Crippen molar-refractivity contribution in [1.29, 1.82) is 0 Å². The molecular weight excluding hydrogens is 218 g/mol. The molecule has 0 saturated carbocycles. The molecule has 88 valence electrons. The van der Waals surface area contributed by atoms with E-state index in [0.29, 0.717) is 6.10 Å². The van der Waals surface area contributed by atoms with E-state index in [9.17, 15) is 0 Å². The summed E-state index contributed by atoms with van der Waals surface area (Å²) in [6.07, 6.45) is 1.56. The number of hydrogen-bond donors (Lipinski definition) is 0. The second-order valence-electron chi connectivity index (χ2n) is 4.35. The van der Waals surface area contributed by atoms with Crippen molar-refractivity contribution in [2.75, 3.05) is 46.3 Å². The Morgan fingerprint density at radius 2 is 1.86 bits per heavy atom. The fourth-order valence-electron chi connectivity index (χ4n) is 0.906. The summed E-state index contributed by atoms with van der Waals surface area (Å²) in [6.45, 7) is 3.40. The molecule has 1 unspecified atom stereocenters. The second kappa shape index (κ2) is 8.84. The molecule has 4 heteroatoms. The van der Waals surface area contributed by atoms with Gasteiger partial charge in [-0.25, -0.2) is 0 Å². The molecule has 0 radical (unpaired) electrons. The van der Waals surface area contributed by atoms with Crippen LogP contribution in [0.5, 0.6) is 0 Å². The maximum atomic E-state index is 5.31. The summed E-state index contributed by atoms with van der Waals surface area (Å²) in [5, 5.41) is 0. The Bertz CT molecular complexity index is 124. The summed E-state index contributed by atoms with van der Waals surface area (Å²) in [6, 6.07) is 0. The van der Waals surface area contributed by atoms with Crippen LogP contribution in [-0.4, -0.2) is 56.9 Å². The largest absolute Gasteiger partial charge is 1.00 e. The van der Waals surface area contributed by atoms with E-state index in [-0.39, 0.29) is 12.4 Å². The smallest absolute Gasteiger partial charge is 0.0872 e. The fraction of sp³-hybridized carbons (Fsp3) is 1.00. The molecule has 0 aliphatic heterocycles. The highest BCUT2D eigenvalue weighted by molar-refractivity contribution is 7.99. The van der Waals surface area contributed by atoms with Crippen molar-refractivity contribution in [1.82, 2.24) is 0 Å². The zero-order valence-electron chi connectivity index (χ0n) is 10.0. The second-order valence-corrected chi connectivity index (χ2v) is 5.50. The quantitative estimate of drug-likeness (QED) is 0.412.